The predicted molar refractivity (Wildman–Crippen MR) is 125 cm³/mol. The number of rotatable bonds is 5. The van der Waals surface area contributed by atoms with Crippen LogP contribution in [0.15, 0.2) is 67.0 Å². The average molecular weight is 444 g/mol. The summed E-state index contributed by atoms with van der Waals surface area (Å²) in [6, 6.07) is 16.0. The third kappa shape index (κ3) is 4.64. The van der Waals surface area contributed by atoms with Crippen molar-refractivity contribution in [2.24, 2.45) is 0 Å². The molecule has 33 heavy (non-hydrogen) atoms. The summed E-state index contributed by atoms with van der Waals surface area (Å²) in [5.74, 6) is -0.429. The van der Waals surface area contributed by atoms with Crippen LogP contribution in [0.25, 0.3) is 16.9 Å². The van der Waals surface area contributed by atoms with Gasteiger partial charge in [-0.05, 0) is 56.2 Å². The number of aryl methyl sites for hydroxylation is 1. The Morgan fingerprint density at radius 3 is 2.70 bits per heavy atom. The number of hydrogen-bond donors (Lipinski definition) is 1. The molecule has 0 unspecified atom stereocenters. The second kappa shape index (κ2) is 9.11. The van der Waals surface area contributed by atoms with Crippen molar-refractivity contribution in [3.8, 4) is 11.3 Å². The first kappa shape index (κ1) is 21.3. The van der Waals surface area contributed by atoms with E-state index in [0.29, 0.717) is 16.8 Å². The molecule has 3 aromatic heterocycles. The molecule has 1 aliphatic heterocycles. The molecule has 6 nitrogen and oxygen atoms in total. The monoisotopic (exact) mass is 443 g/mol. The van der Waals surface area contributed by atoms with E-state index in [1.807, 2.05) is 24.4 Å². The number of hydrogen-bond acceptors (Lipinski definition) is 4. The first-order chi connectivity index (χ1) is 16.1. The molecule has 0 atom stereocenters. The number of carbonyl (C=O) groups excluding carboxylic acids is 1. The van der Waals surface area contributed by atoms with Gasteiger partial charge in [0, 0.05) is 49.3 Å². The third-order valence-corrected chi connectivity index (χ3v) is 6.31. The molecule has 0 spiro atoms. The van der Waals surface area contributed by atoms with Gasteiger partial charge in [0.15, 0.2) is 0 Å². The number of piperidine rings is 1. The molecule has 4 aromatic rings. The quantitative estimate of drug-likeness (QED) is 0.501. The highest BCUT2D eigenvalue weighted by Crippen LogP contribution is 2.20. The van der Waals surface area contributed by atoms with Crippen LogP contribution < -0.4 is 5.32 Å². The lowest BCUT2D eigenvalue weighted by molar-refractivity contribution is 0.0908. The third-order valence-electron chi connectivity index (χ3n) is 6.31. The van der Waals surface area contributed by atoms with Gasteiger partial charge in [0.1, 0.15) is 11.5 Å². The van der Waals surface area contributed by atoms with Gasteiger partial charge in [-0.3, -0.25) is 14.7 Å². The summed E-state index contributed by atoms with van der Waals surface area (Å²) in [4.78, 5) is 24.2. The number of likely N-dealkylation sites (tertiary alicyclic amines) is 1. The SMILES string of the molecule is Cc1c(CN2CCC(NC(=O)c3ccc(-c4cccc(F)c4)nc3)CC2)nc2ccccn12. The fraction of sp³-hybridized carbons (Fsp3) is 0.269. The molecule has 1 N–H and O–H groups in total. The van der Waals surface area contributed by atoms with Crippen LogP contribution in [0.3, 0.4) is 0 Å². The van der Waals surface area contributed by atoms with Crippen LogP contribution in [-0.4, -0.2) is 44.3 Å². The van der Waals surface area contributed by atoms with Crippen LogP contribution in [0.4, 0.5) is 4.39 Å². The maximum Gasteiger partial charge on any atom is 0.253 e. The van der Waals surface area contributed by atoms with Gasteiger partial charge in [-0.2, -0.15) is 0 Å². The number of carbonyl (C=O) groups is 1. The van der Waals surface area contributed by atoms with Crippen LogP contribution in [-0.2, 0) is 6.54 Å². The molecule has 0 aliphatic carbocycles. The Balaban J connectivity index is 1.15. The highest BCUT2D eigenvalue weighted by atomic mass is 19.1. The van der Waals surface area contributed by atoms with Gasteiger partial charge in [-0.15, -0.1) is 0 Å². The number of aromatic nitrogens is 3. The molecule has 0 saturated carbocycles. The summed E-state index contributed by atoms with van der Waals surface area (Å²) in [6.45, 7) is 4.75. The van der Waals surface area contributed by atoms with Gasteiger partial charge in [-0.1, -0.05) is 18.2 Å². The van der Waals surface area contributed by atoms with E-state index in [4.69, 9.17) is 4.98 Å². The van der Waals surface area contributed by atoms with Crippen LogP contribution in [0, 0.1) is 12.7 Å². The van der Waals surface area contributed by atoms with Gasteiger partial charge in [0.2, 0.25) is 0 Å². The Hall–Kier alpha value is -3.58. The first-order valence-electron chi connectivity index (χ1n) is 11.2. The molecule has 1 fully saturated rings. The molecular weight excluding hydrogens is 417 g/mol. The molecule has 7 heteroatoms. The van der Waals surface area contributed by atoms with E-state index in [2.05, 4.69) is 26.5 Å². The van der Waals surface area contributed by atoms with E-state index in [0.717, 1.165) is 43.8 Å². The minimum atomic E-state index is -0.307. The molecule has 1 amide bonds. The largest absolute Gasteiger partial charge is 0.349 e. The van der Waals surface area contributed by atoms with Crippen LogP contribution in [0.2, 0.25) is 0 Å². The highest BCUT2D eigenvalue weighted by molar-refractivity contribution is 5.94. The zero-order valence-electron chi connectivity index (χ0n) is 18.5. The second-order valence-electron chi connectivity index (χ2n) is 8.54. The number of nitrogens with zero attached hydrogens (tertiary/aromatic N) is 4. The fourth-order valence-electron chi connectivity index (χ4n) is 4.38. The smallest absolute Gasteiger partial charge is 0.253 e. The van der Waals surface area contributed by atoms with Crippen molar-refractivity contribution < 1.29 is 9.18 Å². The number of fused-ring (bicyclic) bond motifs is 1. The summed E-state index contributed by atoms with van der Waals surface area (Å²) >= 11 is 0. The zero-order chi connectivity index (χ0) is 22.8. The summed E-state index contributed by atoms with van der Waals surface area (Å²) in [6.07, 6.45) is 5.39. The number of pyridine rings is 2. The number of nitrogens with one attached hydrogen (secondary N) is 1. The summed E-state index contributed by atoms with van der Waals surface area (Å²) < 4.78 is 15.6. The highest BCUT2D eigenvalue weighted by Gasteiger charge is 2.22. The lowest BCUT2D eigenvalue weighted by Gasteiger charge is -2.32. The number of benzene rings is 1. The van der Waals surface area contributed by atoms with Gasteiger partial charge in [-0.25, -0.2) is 9.37 Å². The maximum atomic E-state index is 13.4. The molecule has 168 valence electrons. The first-order valence-corrected chi connectivity index (χ1v) is 11.2. The van der Waals surface area contributed by atoms with Crippen LogP contribution in [0.5, 0.6) is 0 Å². The van der Waals surface area contributed by atoms with Gasteiger partial charge in [0.25, 0.3) is 5.91 Å². The predicted octanol–water partition coefficient (Wildman–Crippen LogP) is 4.24. The number of amides is 1. The minimum absolute atomic E-state index is 0.122. The number of imidazole rings is 1. The zero-order valence-corrected chi connectivity index (χ0v) is 18.5. The lowest BCUT2D eigenvalue weighted by atomic mass is 10.0. The van der Waals surface area contributed by atoms with E-state index in [1.165, 1.54) is 17.8 Å². The van der Waals surface area contributed by atoms with E-state index in [9.17, 15) is 9.18 Å². The van der Waals surface area contributed by atoms with Crippen molar-refractivity contribution in [2.75, 3.05) is 13.1 Å². The van der Waals surface area contributed by atoms with Gasteiger partial charge >= 0.3 is 0 Å². The van der Waals surface area contributed by atoms with Gasteiger partial charge < -0.3 is 9.72 Å². The Morgan fingerprint density at radius 1 is 1.12 bits per heavy atom. The molecule has 1 aliphatic rings. The van der Waals surface area contributed by atoms with Crippen molar-refractivity contribution in [1.29, 1.82) is 0 Å². The molecule has 0 bridgehead atoms. The summed E-state index contributed by atoms with van der Waals surface area (Å²) in [7, 11) is 0. The number of halogens is 1. The minimum Gasteiger partial charge on any atom is -0.349 e. The van der Waals surface area contributed by atoms with E-state index < -0.39 is 0 Å². The molecule has 0 radical (unpaired) electrons. The topological polar surface area (TPSA) is 62.5 Å². The second-order valence-corrected chi connectivity index (χ2v) is 8.54. The molecule has 1 saturated heterocycles. The van der Waals surface area contributed by atoms with Crippen molar-refractivity contribution in [3.05, 3.63) is 89.8 Å². The van der Waals surface area contributed by atoms with Gasteiger partial charge in [0.05, 0.1) is 17.0 Å². The summed E-state index contributed by atoms with van der Waals surface area (Å²) in [5, 5.41) is 3.14. The van der Waals surface area contributed by atoms with E-state index >= 15 is 0 Å². The average Bonchev–Trinajstić information content (AvgIpc) is 3.15. The molecular formula is C26H26FN5O. The normalized spacial score (nSPS) is 15.1. The maximum absolute atomic E-state index is 13.4. The summed E-state index contributed by atoms with van der Waals surface area (Å²) in [5.41, 5.74) is 5.10. The van der Waals surface area contributed by atoms with Crippen molar-refractivity contribution in [3.63, 3.8) is 0 Å². The fourth-order valence-corrected chi connectivity index (χ4v) is 4.38. The van der Waals surface area contributed by atoms with Crippen molar-refractivity contribution in [2.45, 2.75) is 32.4 Å². The van der Waals surface area contributed by atoms with Crippen LogP contribution in [0.1, 0.15) is 34.6 Å². The lowest BCUT2D eigenvalue weighted by Crippen LogP contribution is -2.44. The van der Waals surface area contributed by atoms with E-state index in [-0.39, 0.29) is 17.8 Å². The van der Waals surface area contributed by atoms with E-state index in [1.54, 1.807) is 30.5 Å². The molecule has 1 aromatic carbocycles. The Bertz CT molecular complexity index is 1280. The Kier molecular flexibility index (Phi) is 5.88. The Morgan fingerprint density at radius 2 is 1.97 bits per heavy atom. The Labute approximate surface area is 192 Å². The molecule has 5 rings (SSSR count). The van der Waals surface area contributed by atoms with Crippen molar-refractivity contribution >= 4 is 11.6 Å². The standard InChI is InChI=1S/C26H26FN5O/c1-18-24(30-25-7-2-3-12-32(18)25)17-31-13-10-22(11-14-31)29-26(33)20-8-9-23(28-16-20)19-5-4-6-21(27)15-19/h2-9,12,15-16,22H,10-11,13-14,17H2,1H3,(H,29,33). The van der Waals surface area contributed by atoms with Crippen LogP contribution >= 0.6 is 0 Å². The van der Waals surface area contributed by atoms with Crippen molar-refractivity contribution in [1.82, 2.24) is 24.6 Å². The molecule has 4 heterocycles.